The minimum Gasteiger partial charge on any atom is -0.486 e. The fourth-order valence-electron chi connectivity index (χ4n) is 3.11. The summed E-state index contributed by atoms with van der Waals surface area (Å²) in [5.41, 5.74) is 6.29. The zero-order chi connectivity index (χ0) is 24.2. The van der Waals surface area contributed by atoms with E-state index in [9.17, 15) is 13.2 Å². The average molecular weight is 471 g/mol. The summed E-state index contributed by atoms with van der Waals surface area (Å²) in [6.07, 6.45) is 2.58. The van der Waals surface area contributed by atoms with Gasteiger partial charge in [0.2, 0.25) is 5.95 Å². The molecule has 0 aliphatic carbocycles. The summed E-state index contributed by atoms with van der Waals surface area (Å²) in [6, 6.07) is 6.95. The van der Waals surface area contributed by atoms with Crippen molar-refractivity contribution in [2.24, 2.45) is 7.05 Å². The maximum Gasteiger partial charge on any atom is 0.255 e. The molecule has 0 saturated heterocycles. The number of pyridine rings is 2. The molecule has 3 N–H and O–H groups in total. The van der Waals surface area contributed by atoms with Gasteiger partial charge in [-0.2, -0.15) is 9.37 Å². The highest BCUT2D eigenvalue weighted by Gasteiger charge is 2.16. The summed E-state index contributed by atoms with van der Waals surface area (Å²) in [5.74, 6) is -2.06. The predicted octanol–water partition coefficient (Wildman–Crippen LogP) is 3.71. The highest BCUT2D eigenvalue weighted by atomic mass is 19.1. The predicted molar refractivity (Wildman–Crippen MR) is 119 cm³/mol. The van der Waals surface area contributed by atoms with Crippen molar-refractivity contribution >= 4 is 17.5 Å². The first-order chi connectivity index (χ1) is 16.4. The van der Waals surface area contributed by atoms with Crippen LogP contribution in [-0.4, -0.2) is 45.1 Å². The first kappa shape index (κ1) is 23.0. The van der Waals surface area contributed by atoms with Crippen molar-refractivity contribution in [2.75, 3.05) is 31.4 Å². The molecular weight excluding hydrogens is 451 g/mol. The van der Waals surface area contributed by atoms with Crippen molar-refractivity contribution < 1.29 is 22.6 Å². The number of nitrogens with two attached hydrogens (primary N) is 1. The van der Waals surface area contributed by atoms with Crippen molar-refractivity contribution in [2.45, 2.75) is 0 Å². The van der Waals surface area contributed by atoms with Crippen molar-refractivity contribution in [3.8, 4) is 28.3 Å². The van der Waals surface area contributed by atoms with E-state index in [1.165, 1.54) is 48.5 Å². The van der Waals surface area contributed by atoms with E-state index in [1.807, 2.05) is 0 Å². The number of nitrogens with one attached hydrogen (secondary N) is 1. The van der Waals surface area contributed by atoms with Gasteiger partial charge in [0, 0.05) is 48.9 Å². The van der Waals surface area contributed by atoms with Crippen LogP contribution in [0.25, 0.3) is 22.5 Å². The Morgan fingerprint density at radius 2 is 1.88 bits per heavy atom. The van der Waals surface area contributed by atoms with Gasteiger partial charge in [-0.1, -0.05) is 0 Å². The number of hydrogen-bond acceptors (Lipinski definition) is 8. The molecule has 3 heterocycles. The largest absolute Gasteiger partial charge is 0.486 e. The monoisotopic (exact) mass is 471 g/mol. The van der Waals surface area contributed by atoms with Gasteiger partial charge in [-0.25, -0.2) is 23.4 Å². The molecule has 4 aromatic rings. The van der Waals surface area contributed by atoms with Crippen molar-refractivity contribution in [1.82, 2.24) is 24.7 Å². The molecule has 0 amide bonds. The molecule has 0 aliphatic heterocycles. The number of nitrogens with zero attached hydrogens (tertiary/aromatic N) is 5. The van der Waals surface area contributed by atoms with Gasteiger partial charge in [0.05, 0.1) is 6.61 Å². The second-order valence-electron chi connectivity index (χ2n) is 7.11. The molecule has 0 spiro atoms. The lowest BCUT2D eigenvalue weighted by Crippen LogP contribution is -2.06. The summed E-state index contributed by atoms with van der Waals surface area (Å²) in [5, 5.41) is 7.24. The van der Waals surface area contributed by atoms with Crippen LogP contribution >= 0.6 is 0 Å². The molecule has 0 atom stereocenters. The molecule has 1 aromatic carbocycles. The number of ether oxygens (including phenoxy) is 2. The Labute approximate surface area is 192 Å². The van der Waals surface area contributed by atoms with Crippen LogP contribution in [0.2, 0.25) is 0 Å². The van der Waals surface area contributed by atoms with Gasteiger partial charge in [0.25, 0.3) is 5.95 Å². The second kappa shape index (κ2) is 9.75. The first-order valence-corrected chi connectivity index (χ1v) is 10.0. The lowest BCUT2D eigenvalue weighted by Gasteiger charge is -2.09. The molecule has 4 rings (SSSR count). The molecular formula is C22H20F3N7O2. The molecule has 0 aliphatic rings. The number of benzene rings is 1. The number of nitrogen functional groups attached to an aromatic ring is 1. The molecule has 0 saturated carbocycles. The van der Waals surface area contributed by atoms with E-state index < -0.39 is 17.6 Å². The van der Waals surface area contributed by atoms with Crippen LogP contribution in [0.3, 0.4) is 0 Å². The van der Waals surface area contributed by atoms with Gasteiger partial charge in [0.1, 0.15) is 12.4 Å². The molecule has 0 radical (unpaired) electrons. The minimum atomic E-state index is -0.793. The number of halogens is 3. The topological polar surface area (TPSA) is 113 Å². The van der Waals surface area contributed by atoms with Crippen molar-refractivity contribution in [3.63, 3.8) is 0 Å². The quantitative estimate of drug-likeness (QED) is 0.295. The van der Waals surface area contributed by atoms with E-state index >= 15 is 0 Å². The van der Waals surface area contributed by atoms with Crippen LogP contribution in [0.15, 0.2) is 42.7 Å². The van der Waals surface area contributed by atoms with Gasteiger partial charge in [-0.05, 0) is 30.3 Å². The molecule has 176 valence electrons. The van der Waals surface area contributed by atoms with E-state index in [2.05, 4.69) is 25.4 Å². The third kappa shape index (κ3) is 4.76. The fraction of sp³-hybridized carbons (Fsp3) is 0.182. The number of hydrogen-bond donors (Lipinski definition) is 2. The van der Waals surface area contributed by atoms with Gasteiger partial charge < -0.3 is 20.5 Å². The lowest BCUT2D eigenvalue weighted by atomic mass is 10.1. The molecule has 0 fully saturated rings. The maximum absolute atomic E-state index is 14.8. The Hall–Kier alpha value is -4.19. The summed E-state index contributed by atoms with van der Waals surface area (Å²) >= 11 is 0. The average Bonchev–Trinajstić information content (AvgIpc) is 3.17. The number of aryl methyl sites for hydroxylation is 1. The van der Waals surface area contributed by atoms with Crippen molar-refractivity contribution in [1.29, 1.82) is 0 Å². The smallest absolute Gasteiger partial charge is 0.255 e. The normalized spacial score (nSPS) is 11.0. The van der Waals surface area contributed by atoms with Gasteiger partial charge >= 0.3 is 0 Å². The SMILES string of the molecule is COCCOc1cc(-c2nc(Nc3ccc(-c4ccnc(N)c4F)c(F)c3)n(C)n2)cnc1F. The Bertz CT molecular complexity index is 1330. The number of methoxy groups -OCH3 is 1. The van der Waals surface area contributed by atoms with E-state index in [0.717, 1.165) is 0 Å². The maximum atomic E-state index is 14.8. The highest BCUT2D eigenvalue weighted by Crippen LogP contribution is 2.30. The Morgan fingerprint density at radius 1 is 1.06 bits per heavy atom. The third-order valence-corrected chi connectivity index (χ3v) is 4.80. The van der Waals surface area contributed by atoms with Crippen LogP contribution in [0, 0.1) is 17.6 Å². The summed E-state index contributed by atoms with van der Waals surface area (Å²) in [6.45, 7) is 0.439. The summed E-state index contributed by atoms with van der Waals surface area (Å²) < 4.78 is 54.6. The van der Waals surface area contributed by atoms with E-state index in [-0.39, 0.29) is 47.7 Å². The van der Waals surface area contributed by atoms with Gasteiger partial charge in [0.15, 0.2) is 23.2 Å². The Morgan fingerprint density at radius 3 is 2.65 bits per heavy atom. The molecule has 34 heavy (non-hydrogen) atoms. The molecule has 3 aromatic heterocycles. The number of anilines is 3. The van der Waals surface area contributed by atoms with Gasteiger partial charge in [-0.15, -0.1) is 5.10 Å². The molecule has 0 unspecified atom stereocenters. The highest BCUT2D eigenvalue weighted by molar-refractivity contribution is 5.70. The molecule has 12 heteroatoms. The van der Waals surface area contributed by atoms with Crippen LogP contribution in [0.4, 0.5) is 30.6 Å². The standard InChI is InChI=1S/C22H20F3N7O2/c1-32-22(30-21(31-32)12-9-17(19(25)28-11-12)34-8-7-33-2)29-13-3-4-14(16(23)10-13)15-5-6-27-20(26)18(15)24/h3-6,9-11H,7-8H2,1-2H3,(H2,26,27)(H,29,30,31). The zero-order valence-electron chi connectivity index (χ0n) is 18.2. The van der Waals surface area contributed by atoms with E-state index in [0.29, 0.717) is 11.3 Å². The zero-order valence-corrected chi connectivity index (χ0v) is 18.2. The minimum absolute atomic E-state index is 0.00447. The number of rotatable bonds is 8. The third-order valence-electron chi connectivity index (χ3n) is 4.80. The molecule has 0 bridgehead atoms. The fourth-order valence-corrected chi connectivity index (χ4v) is 3.11. The lowest BCUT2D eigenvalue weighted by molar-refractivity contribution is 0.143. The molecule has 9 nitrogen and oxygen atoms in total. The van der Waals surface area contributed by atoms with Crippen LogP contribution in [0.5, 0.6) is 5.75 Å². The van der Waals surface area contributed by atoms with E-state index in [4.69, 9.17) is 15.2 Å². The Balaban J connectivity index is 1.56. The Kier molecular flexibility index (Phi) is 6.59. The second-order valence-corrected chi connectivity index (χ2v) is 7.11. The van der Waals surface area contributed by atoms with Crippen LogP contribution in [-0.2, 0) is 11.8 Å². The van der Waals surface area contributed by atoms with E-state index in [1.54, 1.807) is 13.1 Å². The number of aromatic nitrogens is 5. The van der Waals surface area contributed by atoms with Crippen LogP contribution < -0.4 is 15.8 Å². The first-order valence-electron chi connectivity index (χ1n) is 10.0. The summed E-state index contributed by atoms with van der Waals surface area (Å²) in [4.78, 5) is 11.7. The van der Waals surface area contributed by atoms with Gasteiger partial charge in [-0.3, -0.25) is 0 Å². The van der Waals surface area contributed by atoms with Crippen LogP contribution in [0.1, 0.15) is 0 Å². The van der Waals surface area contributed by atoms with Crippen molar-refractivity contribution in [3.05, 3.63) is 60.3 Å². The summed E-state index contributed by atoms with van der Waals surface area (Å²) in [7, 11) is 3.14.